The fraction of sp³-hybridized carbons (Fsp3) is 0.261. The van der Waals surface area contributed by atoms with E-state index in [1.54, 1.807) is 24.4 Å². The zero-order valence-corrected chi connectivity index (χ0v) is 15.9. The summed E-state index contributed by atoms with van der Waals surface area (Å²) < 4.78 is 5.37. The number of amides is 2. The zero-order chi connectivity index (χ0) is 19.8. The van der Waals surface area contributed by atoms with Gasteiger partial charge in [0.05, 0.1) is 0 Å². The van der Waals surface area contributed by atoms with Crippen LogP contribution in [0.5, 0.6) is 5.75 Å². The molecule has 2 amide bonds. The highest BCUT2D eigenvalue weighted by atomic mass is 16.5. The van der Waals surface area contributed by atoms with Crippen molar-refractivity contribution in [2.75, 3.05) is 25.0 Å². The van der Waals surface area contributed by atoms with Gasteiger partial charge in [-0.15, -0.1) is 0 Å². The van der Waals surface area contributed by atoms with E-state index >= 15 is 0 Å². The molecule has 1 aromatic heterocycles. The summed E-state index contributed by atoms with van der Waals surface area (Å²) in [5.74, 6) is 1.68. The van der Waals surface area contributed by atoms with Crippen LogP contribution in [-0.4, -0.2) is 41.4 Å². The minimum atomic E-state index is -0.215. The van der Waals surface area contributed by atoms with Gasteiger partial charge in [0.2, 0.25) is 5.91 Å². The van der Waals surface area contributed by atoms with Gasteiger partial charge in [0, 0.05) is 25.4 Å². The Morgan fingerprint density at radius 2 is 2.10 bits per heavy atom. The van der Waals surface area contributed by atoms with Crippen LogP contribution in [0.15, 0.2) is 54.7 Å². The maximum Gasteiger partial charge on any atom is 0.263 e. The Morgan fingerprint density at radius 3 is 2.93 bits per heavy atom. The number of hydrogen-bond donors (Lipinski definition) is 1. The SMILES string of the molecule is O=C1COc2cc(C=CC(=O)N3CC4C=C(c5ccccc5)CC4C3)cnc2N1. The standard InChI is InChI=1S/C23H21N3O3/c27-21-14-29-20-8-15(11-24-23(20)25-21)6-7-22(28)26-12-18-9-17(10-19(18)13-26)16-4-2-1-3-5-16/h1-9,11,18-19H,10,12-14H2,(H,24,25,27). The molecule has 2 aromatic rings. The topological polar surface area (TPSA) is 71.5 Å². The predicted octanol–water partition coefficient (Wildman–Crippen LogP) is 2.99. The first-order valence-electron chi connectivity index (χ1n) is 9.81. The van der Waals surface area contributed by atoms with Gasteiger partial charge >= 0.3 is 0 Å². The molecule has 3 heterocycles. The maximum absolute atomic E-state index is 12.6. The zero-order valence-electron chi connectivity index (χ0n) is 15.9. The van der Waals surface area contributed by atoms with Crippen molar-refractivity contribution in [1.82, 2.24) is 9.88 Å². The van der Waals surface area contributed by atoms with Gasteiger partial charge in [-0.1, -0.05) is 36.4 Å². The second kappa shape index (κ2) is 7.20. The quantitative estimate of drug-likeness (QED) is 0.822. The number of nitrogens with one attached hydrogen (secondary N) is 1. The van der Waals surface area contributed by atoms with Crippen LogP contribution in [0.25, 0.3) is 11.6 Å². The Balaban J connectivity index is 1.23. The average molecular weight is 387 g/mol. The molecule has 1 saturated heterocycles. The molecule has 6 heteroatoms. The van der Waals surface area contributed by atoms with Crippen molar-refractivity contribution >= 4 is 29.3 Å². The smallest absolute Gasteiger partial charge is 0.263 e. The molecule has 29 heavy (non-hydrogen) atoms. The number of pyridine rings is 1. The minimum Gasteiger partial charge on any atom is -0.480 e. The van der Waals surface area contributed by atoms with E-state index in [1.165, 1.54) is 11.1 Å². The van der Waals surface area contributed by atoms with Gasteiger partial charge in [-0.05, 0) is 47.1 Å². The highest BCUT2D eigenvalue weighted by molar-refractivity contribution is 5.95. The van der Waals surface area contributed by atoms with Gasteiger partial charge in [-0.3, -0.25) is 9.59 Å². The molecule has 6 nitrogen and oxygen atoms in total. The van der Waals surface area contributed by atoms with Crippen molar-refractivity contribution in [2.45, 2.75) is 6.42 Å². The van der Waals surface area contributed by atoms with Crippen molar-refractivity contribution in [3.63, 3.8) is 0 Å². The molecule has 1 N–H and O–H groups in total. The van der Waals surface area contributed by atoms with Crippen LogP contribution in [0.2, 0.25) is 0 Å². The van der Waals surface area contributed by atoms with E-state index in [2.05, 4.69) is 40.6 Å². The first kappa shape index (κ1) is 17.7. The van der Waals surface area contributed by atoms with Crippen LogP contribution in [0, 0.1) is 11.8 Å². The highest BCUT2D eigenvalue weighted by Crippen LogP contribution is 2.41. The summed E-state index contributed by atoms with van der Waals surface area (Å²) in [6, 6.07) is 12.3. The van der Waals surface area contributed by atoms with E-state index in [-0.39, 0.29) is 18.4 Å². The molecular weight excluding hydrogens is 366 g/mol. The normalized spacial score (nSPS) is 22.7. The van der Waals surface area contributed by atoms with Gasteiger partial charge in [0.1, 0.15) is 0 Å². The number of likely N-dealkylation sites (tertiary alicyclic amines) is 1. The predicted molar refractivity (Wildman–Crippen MR) is 110 cm³/mol. The molecule has 5 rings (SSSR count). The molecule has 146 valence electrons. The number of aromatic nitrogens is 1. The van der Waals surface area contributed by atoms with Crippen LogP contribution >= 0.6 is 0 Å². The second-order valence-electron chi connectivity index (χ2n) is 7.71. The number of hydrogen-bond acceptors (Lipinski definition) is 4. The molecule has 1 fully saturated rings. The van der Waals surface area contributed by atoms with Crippen molar-refractivity contribution in [3.05, 3.63) is 65.9 Å². The van der Waals surface area contributed by atoms with Crippen LogP contribution in [-0.2, 0) is 9.59 Å². The molecule has 0 radical (unpaired) electrons. The first-order chi connectivity index (χ1) is 14.2. The number of nitrogens with zero attached hydrogens (tertiary/aromatic N) is 2. The lowest BCUT2D eigenvalue weighted by atomic mass is 9.98. The number of carbonyl (C=O) groups excluding carboxylic acids is 2. The van der Waals surface area contributed by atoms with Gasteiger partial charge in [-0.2, -0.15) is 0 Å². The molecule has 2 atom stereocenters. The molecule has 3 aliphatic rings. The summed E-state index contributed by atoms with van der Waals surface area (Å²) in [5, 5.41) is 2.65. The molecule has 0 saturated carbocycles. The fourth-order valence-corrected chi connectivity index (χ4v) is 4.30. The summed E-state index contributed by atoms with van der Waals surface area (Å²) in [6.07, 6.45) is 8.32. The Hall–Kier alpha value is -3.41. The van der Waals surface area contributed by atoms with Crippen LogP contribution in [0.3, 0.4) is 0 Å². The molecular formula is C23H21N3O3. The summed E-state index contributed by atoms with van der Waals surface area (Å²) in [6.45, 7) is 1.54. The van der Waals surface area contributed by atoms with Crippen LogP contribution in [0.4, 0.5) is 5.82 Å². The maximum atomic E-state index is 12.6. The van der Waals surface area contributed by atoms with Gasteiger partial charge in [-0.25, -0.2) is 4.98 Å². The van der Waals surface area contributed by atoms with E-state index in [9.17, 15) is 9.59 Å². The van der Waals surface area contributed by atoms with E-state index in [0.717, 1.165) is 25.1 Å². The number of rotatable bonds is 3. The molecule has 1 aliphatic carbocycles. The third kappa shape index (κ3) is 3.53. The highest BCUT2D eigenvalue weighted by Gasteiger charge is 2.37. The number of allylic oxidation sites excluding steroid dienone is 1. The van der Waals surface area contributed by atoms with Crippen LogP contribution in [0.1, 0.15) is 17.5 Å². The van der Waals surface area contributed by atoms with Crippen molar-refractivity contribution in [3.8, 4) is 5.75 Å². The summed E-state index contributed by atoms with van der Waals surface area (Å²) in [5.41, 5.74) is 3.45. The molecule has 0 bridgehead atoms. The third-order valence-electron chi connectivity index (χ3n) is 5.75. The lowest BCUT2D eigenvalue weighted by molar-refractivity contribution is -0.125. The Morgan fingerprint density at radius 1 is 1.24 bits per heavy atom. The third-order valence-corrected chi connectivity index (χ3v) is 5.75. The van der Waals surface area contributed by atoms with E-state index < -0.39 is 0 Å². The molecule has 2 aliphatic heterocycles. The average Bonchev–Trinajstić information content (AvgIpc) is 3.32. The largest absolute Gasteiger partial charge is 0.480 e. The number of carbonyl (C=O) groups is 2. The number of ether oxygens (including phenoxy) is 1. The van der Waals surface area contributed by atoms with Gasteiger partial charge < -0.3 is 15.0 Å². The Labute approximate surface area is 168 Å². The van der Waals surface area contributed by atoms with Crippen molar-refractivity contribution in [2.24, 2.45) is 11.8 Å². The lowest BCUT2D eigenvalue weighted by Crippen LogP contribution is -2.27. The summed E-state index contributed by atoms with van der Waals surface area (Å²) in [7, 11) is 0. The van der Waals surface area contributed by atoms with Gasteiger partial charge in [0.25, 0.3) is 5.91 Å². The van der Waals surface area contributed by atoms with E-state index in [0.29, 0.717) is 23.4 Å². The summed E-state index contributed by atoms with van der Waals surface area (Å²) >= 11 is 0. The van der Waals surface area contributed by atoms with E-state index in [1.807, 2.05) is 11.0 Å². The van der Waals surface area contributed by atoms with Crippen LogP contribution < -0.4 is 10.1 Å². The Bertz CT molecular complexity index is 1030. The van der Waals surface area contributed by atoms with Crippen molar-refractivity contribution < 1.29 is 14.3 Å². The van der Waals surface area contributed by atoms with Gasteiger partial charge in [0.15, 0.2) is 18.2 Å². The van der Waals surface area contributed by atoms with Crippen molar-refractivity contribution in [1.29, 1.82) is 0 Å². The van der Waals surface area contributed by atoms with E-state index in [4.69, 9.17) is 4.74 Å². The fourth-order valence-electron chi connectivity index (χ4n) is 4.30. The minimum absolute atomic E-state index is 0.0148. The monoisotopic (exact) mass is 387 g/mol. The second-order valence-corrected chi connectivity index (χ2v) is 7.71. The number of anilines is 1. The summed E-state index contributed by atoms with van der Waals surface area (Å²) in [4.78, 5) is 30.1. The number of benzene rings is 1. The molecule has 0 spiro atoms. The lowest BCUT2D eigenvalue weighted by Gasteiger charge is -2.17. The number of fused-ring (bicyclic) bond motifs is 2. The molecule has 2 unspecified atom stereocenters. The Kier molecular flexibility index (Phi) is 4.39. The molecule has 1 aromatic carbocycles. The first-order valence-corrected chi connectivity index (χ1v) is 9.81.